The highest BCUT2D eigenvalue weighted by Gasteiger charge is 2.10. The molecule has 5 nitrogen and oxygen atoms in total. The minimum absolute atomic E-state index is 0.103. The van der Waals surface area contributed by atoms with Crippen LogP contribution in [0.15, 0.2) is 55.1 Å². The molecule has 0 aliphatic heterocycles. The van der Waals surface area contributed by atoms with Crippen LogP contribution in [0.5, 0.6) is 0 Å². The Balaban J connectivity index is 1.70. The number of nitrogens with zero attached hydrogens (tertiary/aromatic N) is 3. The van der Waals surface area contributed by atoms with Gasteiger partial charge in [0, 0.05) is 16.5 Å². The van der Waals surface area contributed by atoms with E-state index in [4.69, 9.17) is 23.2 Å². The zero-order valence-electron chi connectivity index (χ0n) is 12.6. The number of anilines is 1. The normalized spacial score (nSPS) is 10.6. The average Bonchev–Trinajstić information content (AvgIpc) is 3.09. The molecule has 0 fully saturated rings. The lowest BCUT2D eigenvalue weighted by Crippen LogP contribution is -2.14. The zero-order chi connectivity index (χ0) is 16.9. The number of hydrogen-bond acceptors (Lipinski definition) is 3. The number of rotatable bonds is 5. The van der Waals surface area contributed by atoms with Gasteiger partial charge in [0.2, 0.25) is 5.91 Å². The number of benzene rings is 2. The molecule has 0 spiro atoms. The summed E-state index contributed by atoms with van der Waals surface area (Å²) >= 11 is 11.9. The first-order chi connectivity index (χ1) is 11.6. The summed E-state index contributed by atoms with van der Waals surface area (Å²) in [7, 11) is 0. The van der Waals surface area contributed by atoms with Crippen molar-refractivity contribution in [2.24, 2.45) is 0 Å². The predicted molar refractivity (Wildman–Crippen MR) is 94.8 cm³/mol. The molecule has 1 heterocycles. The Labute approximate surface area is 149 Å². The minimum atomic E-state index is -0.103. The van der Waals surface area contributed by atoms with Gasteiger partial charge in [-0.05, 0) is 42.3 Å². The van der Waals surface area contributed by atoms with E-state index in [-0.39, 0.29) is 5.91 Å². The molecule has 24 heavy (non-hydrogen) atoms. The SMILES string of the molecule is O=C(CCc1ccc(Cl)cc1)Nc1cc(Cl)ccc1-n1cncn1. The number of amides is 1. The van der Waals surface area contributed by atoms with E-state index in [0.29, 0.717) is 34.3 Å². The first-order valence-electron chi connectivity index (χ1n) is 7.30. The van der Waals surface area contributed by atoms with E-state index in [1.165, 1.54) is 6.33 Å². The van der Waals surface area contributed by atoms with Crippen LogP contribution in [0.2, 0.25) is 10.0 Å². The standard InChI is InChI=1S/C17H14Cl2N4O/c18-13-4-1-12(2-5-13)3-8-17(24)22-15-9-14(19)6-7-16(15)23-11-20-10-21-23/h1-2,4-7,9-11H,3,8H2,(H,22,24). The highest BCUT2D eigenvalue weighted by Crippen LogP contribution is 2.24. The largest absolute Gasteiger partial charge is 0.324 e. The summed E-state index contributed by atoms with van der Waals surface area (Å²) < 4.78 is 1.57. The molecule has 0 aliphatic rings. The van der Waals surface area contributed by atoms with Gasteiger partial charge in [-0.1, -0.05) is 35.3 Å². The van der Waals surface area contributed by atoms with Gasteiger partial charge in [0.05, 0.1) is 11.4 Å². The van der Waals surface area contributed by atoms with Crippen LogP contribution in [-0.2, 0) is 11.2 Å². The van der Waals surface area contributed by atoms with E-state index in [9.17, 15) is 4.79 Å². The van der Waals surface area contributed by atoms with Gasteiger partial charge in [-0.3, -0.25) is 4.79 Å². The third-order valence-electron chi connectivity index (χ3n) is 3.45. The highest BCUT2D eigenvalue weighted by atomic mass is 35.5. The van der Waals surface area contributed by atoms with Crippen molar-refractivity contribution in [2.45, 2.75) is 12.8 Å². The van der Waals surface area contributed by atoms with E-state index in [1.54, 1.807) is 29.2 Å². The van der Waals surface area contributed by atoms with Gasteiger partial charge in [0.1, 0.15) is 12.7 Å². The van der Waals surface area contributed by atoms with Gasteiger partial charge in [0.15, 0.2) is 0 Å². The first-order valence-corrected chi connectivity index (χ1v) is 8.06. The molecule has 0 saturated heterocycles. The van der Waals surface area contributed by atoms with E-state index < -0.39 is 0 Å². The van der Waals surface area contributed by atoms with Crippen LogP contribution in [0.1, 0.15) is 12.0 Å². The maximum absolute atomic E-state index is 12.3. The Kier molecular flexibility index (Phi) is 5.13. The van der Waals surface area contributed by atoms with Crippen LogP contribution in [0, 0.1) is 0 Å². The smallest absolute Gasteiger partial charge is 0.224 e. The molecule has 0 atom stereocenters. The molecule has 0 bridgehead atoms. The summed E-state index contributed by atoms with van der Waals surface area (Å²) in [5, 5.41) is 8.18. The fraction of sp³-hybridized carbons (Fsp3) is 0.118. The second-order valence-electron chi connectivity index (χ2n) is 5.18. The summed E-state index contributed by atoms with van der Waals surface area (Å²) in [4.78, 5) is 16.2. The van der Waals surface area contributed by atoms with Crippen LogP contribution < -0.4 is 5.32 Å². The molecule has 1 aromatic heterocycles. The van der Waals surface area contributed by atoms with Crippen LogP contribution in [0.3, 0.4) is 0 Å². The summed E-state index contributed by atoms with van der Waals surface area (Å²) in [6.45, 7) is 0. The van der Waals surface area contributed by atoms with Gasteiger partial charge in [-0.25, -0.2) is 9.67 Å². The Bertz CT molecular complexity index is 832. The molecule has 0 radical (unpaired) electrons. The molecular weight excluding hydrogens is 347 g/mol. The van der Waals surface area contributed by atoms with Crippen LogP contribution in [0.25, 0.3) is 5.69 Å². The van der Waals surface area contributed by atoms with Gasteiger partial charge in [0.25, 0.3) is 0 Å². The van der Waals surface area contributed by atoms with Crippen molar-refractivity contribution in [3.63, 3.8) is 0 Å². The number of nitrogens with one attached hydrogen (secondary N) is 1. The van der Waals surface area contributed by atoms with Gasteiger partial charge in [-0.2, -0.15) is 5.10 Å². The minimum Gasteiger partial charge on any atom is -0.324 e. The predicted octanol–water partition coefficient (Wildman–Crippen LogP) is 4.15. The Morgan fingerprint density at radius 3 is 2.54 bits per heavy atom. The van der Waals surface area contributed by atoms with Gasteiger partial charge < -0.3 is 5.32 Å². The Hall–Kier alpha value is -2.37. The zero-order valence-corrected chi connectivity index (χ0v) is 14.1. The van der Waals surface area contributed by atoms with Gasteiger partial charge >= 0.3 is 0 Å². The molecule has 0 unspecified atom stereocenters. The van der Waals surface area contributed by atoms with Crippen molar-refractivity contribution >= 4 is 34.8 Å². The molecule has 1 N–H and O–H groups in total. The van der Waals surface area contributed by atoms with Crippen LogP contribution in [0.4, 0.5) is 5.69 Å². The summed E-state index contributed by atoms with van der Waals surface area (Å²) in [6, 6.07) is 12.7. The van der Waals surface area contributed by atoms with Crippen LogP contribution >= 0.6 is 23.2 Å². The van der Waals surface area contributed by atoms with Crippen molar-refractivity contribution in [1.29, 1.82) is 0 Å². The number of hydrogen-bond donors (Lipinski definition) is 1. The molecule has 3 aromatic rings. The Morgan fingerprint density at radius 2 is 1.83 bits per heavy atom. The Morgan fingerprint density at radius 1 is 1.08 bits per heavy atom. The molecule has 2 aromatic carbocycles. The quantitative estimate of drug-likeness (QED) is 0.743. The topological polar surface area (TPSA) is 59.8 Å². The molecule has 0 saturated carbocycles. The third kappa shape index (κ3) is 4.13. The van der Waals surface area contributed by atoms with Crippen LogP contribution in [-0.4, -0.2) is 20.7 Å². The second-order valence-corrected chi connectivity index (χ2v) is 6.05. The first kappa shape index (κ1) is 16.5. The lowest BCUT2D eigenvalue weighted by atomic mass is 10.1. The van der Waals surface area contributed by atoms with Crippen molar-refractivity contribution in [2.75, 3.05) is 5.32 Å². The third-order valence-corrected chi connectivity index (χ3v) is 3.94. The van der Waals surface area contributed by atoms with Crippen molar-refractivity contribution in [1.82, 2.24) is 14.8 Å². The van der Waals surface area contributed by atoms with E-state index in [2.05, 4.69) is 15.4 Å². The van der Waals surface area contributed by atoms with E-state index in [0.717, 1.165) is 5.56 Å². The number of carbonyl (C=O) groups excluding carboxylic acids is 1. The molecule has 3 rings (SSSR count). The summed E-state index contributed by atoms with van der Waals surface area (Å²) in [6.07, 6.45) is 3.97. The number of aromatic nitrogens is 3. The second kappa shape index (κ2) is 7.47. The highest BCUT2D eigenvalue weighted by molar-refractivity contribution is 6.31. The average molecular weight is 361 g/mol. The molecule has 1 amide bonds. The molecular formula is C17H14Cl2N4O. The van der Waals surface area contributed by atoms with Crippen molar-refractivity contribution in [3.8, 4) is 5.69 Å². The number of carbonyl (C=O) groups is 1. The molecule has 0 aliphatic carbocycles. The number of aryl methyl sites for hydroxylation is 1. The van der Waals surface area contributed by atoms with E-state index >= 15 is 0 Å². The number of halogens is 2. The monoisotopic (exact) mass is 360 g/mol. The maximum Gasteiger partial charge on any atom is 0.224 e. The summed E-state index contributed by atoms with van der Waals surface area (Å²) in [5.74, 6) is -0.103. The molecule has 7 heteroatoms. The molecule has 122 valence electrons. The van der Waals surface area contributed by atoms with Gasteiger partial charge in [-0.15, -0.1) is 0 Å². The van der Waals surface area contributed by atoms with E-state index in [1.807, 2.05) is 24.3 Å². The lowest BCUT2D eigenvalue weighted by molar-refractivity contribution is -0.116. The fourth-order valence-corrected chi connectivity index (χ4v) is 2.56. The lowest BCUT2D eigenvalue weighted by Gasteiger charge is -2.11. The summed E-state index contributed by atoms with van der Waals surface area (Å²) in [5.41, 5.74) is 2.35. The fourth-order valence-electron chi connectivity index (χ4n) is 2.26. The van der Waals surface area contributed by atoms with Crippen molar-refractivity contribution in [3.05, 3.63) is 70.7 Å². The maximum atomic E-state index is 12.3. The van der Waals surface area contributed by atoms with Crippen molar-refractivity contribution < 1.29 is 4.79 Å².